The summed E-state index contributed by atoms with van der Waals surface area (Å²) >= 11 is 4.37. The highest BCUT2D eigenvalue weighted by molar-refractivity contribution is 7.78. The van der Waals surface area contributed by atoms with Crippen molar-refractivity contribution in [1.82, 2.24) is 0 Å². The van der Waals surface area contributed by atoms with Crippen molar-refractivity contribution >= 4 is 35.2 Å². The number of halogens is 2. The predicted octanol–water partition coefficient (Wildman–Crippen LogP) is 6.05. The number of aliphatic imine (C=N–C) groups is 1. The largest absolute Gasteiger partial charge is 0.494 e. The van der Waals surface area contributed by atoms with Crippen LogP contribution in [0.25, 0.3) is 12.2 Å². The third-order valence-electron chi connectivity index (χ3n) is 3.31. The van der Waals surface area contributed by atoms with Gasteiger partial charge in [-0.2, -0.15) is 4.99 Å². The van der Waals surface area contributed by atoms with Gasteiger partial charge in [-0.15, -0.1) is 0 Å². The van der Waals surface area contributed by atoms with Crippen molar-refractivity contribution in [3.05, 3.63) is 59.2 Å². The summed E-state index contributed by atoms with van der Waals surface area (Å²) in [5.41, 5.74) is 0.881. The fourth-order valence-electron chi connectivity index (χ4n) is 2.04. The van der Waals surface area contributed by atoms with E-state index >= 15 is 0 Å². The summed E-state index contributed by atoms with van der Waals surface area (Å²) in [6.45, 7) is 2.80. The molecule has 0 N–H and O–H groups in total. The maximum atomic E-state index is 13.8. The molecule has 0 bridgehead atoms. The third kappa shape index (κ3) is 5.08. The first-order valence-corrected chi connectivity index (χ1v) is 8.02. The first-order chi connectivity index (χ1) is 11.6. The lowest BCUT2D eigenvalue weighted by atomic mass is 10.1. The van der Waals surface area contributed by atoms with Gasteiger partial charge in [-0.25, -0.2) is 8.78 Å². The Balaban J connectivity index is 2.09. The highest BCUT2D eigenvalue weighted by Gasteiger charge is 2.08. The molecule has 2 aromatic rings. The van der Waals surface area contributed by atoms with Crippen LogP contribution in [-0.2, 0) is 0 Å². The molecule has 0 amide bonds. The van der Waals surface area contributed by atoms with Gasteiger partial charge in [-0.05, 0) is 54.0 Å². The summed E-state index contributed by atoms with van der Waals surface area (Å²) < 4.78 is 33.1. The van der Waals surface area contributed by atoms with Crippen LogP contribution in [0.4, 0.5) is 14.5 Å². The fourth-order valence-corrected chi connectivity index (χ4v) is 2.13. The molecule has 0 heterocycles. The average Bonchev–Trinajstić information content (AvgIpc) is 2.58. The maximum absolute atomic E-state index is 13.8. The van der Waals surface area contributed by atoms with Crippen molar-refractivity contribution in [2.24, 2.45) is 4.99 Å². The van der Waals surface area contributed by atoms with Crippen molar-refractivity contribution in [3.8, 4) is 5.75 Å². The van der Waals surface area contributed by atoms with E-state index in [0.717, 1.165) is 24.2 Å². The van der Waals surface area contributed by atoms with Crippen LogP contribution in [-0.4, -0.2) is 11.8 Å². The number of rotatable bonds is 7. The topological polar surface area (TPSA) is 21.6 Å². The van der Waals surface area contributed by atoms with Gasteiger partial charge in [0, 0.05) is 0 Å². The van der Waals surface area contributed by atoms with E-state index in [9.17, 15) is 8.78 Å². The van der Waals surface area contributed by atoms with Crippen LogP contribution in [0.3, 0.4) is 0 Å². The summed E-state index contributed by atoms with van der Waals surface area (Å²) in [5.74, 6) is -0.738. The zero-order valence-electron chi connectivity index (χ0n) is 13.3. The molecule has 0 fully saturated rings. The number of nitrogens with zero attached hydrogens (tertiary/aromatic N) is 1. The number of isothiocyanates is 1. The monoisotopic (exact) mass is 345 g/mol. The first kappa shape index (κ1) is 18.0. The van der Waals surface area contributed by atoms with Gasteiger partial charge in [-0.1, -0.05) is 37.6 Å². The Labute approximate surface area is 145 Å². The Morgan fingerprint density at radius 2 is 1.71 bits per heavy atom. The molecule has 0 unspecified atom stereocenters. The summed E-state index contributed by atoms with van der Waals surface area (Å²) in [4.78, 5) is 3.38. The molecule has 0 aromatic heterocycles. The molecule has 0 aliphatic heterocycles. The number of hydrogen-bond acceptors (Lipinski definition) is 3. The zero-order valence-corrected chi connectivity index (χ0v) is 14.1. The van der Waals surface area contributed by atoms with Gasteiger partial charge in [0.2, 0.25) is 0 Å². The van der Waals surface area contributed by atoms with Gasteiger partial charge in [0.1, 0.15) is 11.4 Å². The quantitative estimate of drug-likeness (QED) is 0.264. The molecule has 0 aliphatic carbocycles. The smallest absolute Gasteiger partial charge is 0.153 e. The molecule has 2 nitrogen and oxygen atoms in total. The Kier molecular flexibility index (Phi) is 6.79. The molecule has 24 heavy (non-hydrogen) atoms. The van der Waals surface area contributed by atoms with Crippen LogP contribution >= 0.6 is 12.2 Å². The van der Waals surface area contributed by atoms with Gasteiger partial charge in [0.15, 0.2) is 11.6 Å². The molecule has 0 atom stereocenters. The summed E-state index contributed by atoms with van der Waals surface area (Å²) in [5, 5.41) is 1.96. The summed E-state index contributed by atoms with van der Waals surface area (Å²) in [6.07, 6.45) is 5.50. The van der Waals surface area contributed by atoms with Crippen LogP contribution in [0, 0.1) is 11.6 Å². The van der Waals surface area contributed by atoms with E-state index < -0.39 is 17.3 Å². The standard InChI is InChI=1S/C19H17F2NOS/c1-2-3-10-23-16-8-6-14(7-9-16)4-5-15-11-17(20)19(22-13-24)18(21)12-15/h4-9,11-12H,2-3,10H2,1H3/b5-4+. The Morgan fingerprint density at radius 3 is 2.29 bits per heavy atom. The normalized spacial score (nSPS) is 10.6. The zero-order chi connectivity index (χ0) is 17.4. The number of benzene rings is 2. The molecular weight excluding hydrogens is 328 g/mol. The van der Waals surface area contributed by atoms with Gasteiger partial charge < -0.3 is 4.74 Å². The highest BCUT2D eigenvalue weighted by Crippen LogP contribution is 2.24. The van der Waals surface area contributed by atoms with Crippen LogP contribution in [0.15, 0.2) is 41.4 Å². The second-order valence-corrected chi connectivity index (χ2v) is 5.32. The molecule has 5 heteroatoms. The van der Waals surface area contributed by atoms with E-state index in [1.807, 2.05) is 29.4 Å². The molecule has 0 saturated heterocycles. The second kappa shape index (κ2) is 9.06. The van der Waals surface area contributed by atoms with Gasteiger partial charge in [-0.3, -0.25) is 0 Å². The molecule has 0 saturated carbocycles. The molecular formula is C19H17F2NOS. The van der Waals surface area contributed by atoms with Crippen molar-refractivity contribution in [2.75, 3.05) is 6.61 Å². The van der Waals surface area contributed by atoms with Crippen molar-refractivity contribution in [2.45, 2.75) is 19.8 Å². The minimum Gasteiger partial charge on any atom is -0.494 e. The Morgan fingerprint density at radius 1 is 1.08 bits per heavy atom. The van der Waals surface area contributed by atoms with E-state index in [-0.39, 0.29) is 0 Å². The molecule has 0 radical (unpaired) electrons. The van der Waals surface area contributed by atoms with E-state index in [2.05, 4.69) is 24.1 Å². The fraction of sp³-hybridized carbons (Fsp3) is 0.211. The lowest BCUT2D eigenvalue weighted by molar-refractivity contribution is 0.309. The number of unbranched alkanes of at least 4 members (excludes halogenated alkanes) is 1. The van der Waals surface area contributed by atoms with Gasteiger partial charge in [0.25, 0.3) is 0 Å². The Bertz CT molecular complexity index is 742. The minimum atomic E-state index is -0.772. The highest BCUT2D eigenvalue weighted by atomic mass is 32.1. The number of hydrogen-bond donors (Lipinski definition) is 0. The summed E-state index contributed by atoms with van der Waals surface area (Å²) in [6, 6.07) is 9.91. The summed E-state index contributed by atoms with van der Waals surface area (Å²) in [7, 11) is 0. The SMILES string of the molecule is CCCCOc1ccc(/C=C/c2cc(F)c(N=C=S)c(F)c2)cc1. The van der Waals surface area contributed by atoms with Crippen molar-refractivity contribution in [3.63, 3.8) is 0 Å². The number of thiocarbonyl (C=S) groups is 1. The predicted molar refractivity (Wildman–Crippen MR) is 96.8 cm³/mol. The van der Waals surface area contributed by atoms with Crippen molar-refractivity contribution < 1.29 is 13.5 Å². The van der Waals surface area contributed by atoms with Crippen LogP contribution < -0.4 is 4.74 Å². The molecule has 0 spiro atoms. The first-order valence-electron chi connectivity index (χ1n) is 7.62. The molecule has 2 rings (SSSR count). The van der Waals surface area contributed by atoms with Gasteiger partial charge >= 0.3 is 0 Å². The Hall–Kier alpha value is -2.36. The average molecular weight is 345 g/mol. The minimum absolute atomic E-state index is 0.400. The van der Waals surface area contributed by atoms with E-state index in [0.29, 0.717) is 12.2 Å². The second-order valence-electron chi connectivity index (χ2n) is 5.14. The maximum Gasteiger partial charge on any atom is 0.153 e. The van der Waals surface area contributed by atoms with Gasteiger partial charge in [0.05, 0.1) is 11.8 Å². The number of ether oxygens (including phenoxy) is 1. The van der Waals surface area contributed by atoms with E-state index in [4.69, 9.17) is 4.74 Å². The van der Waals surface area contributed by atoms with E-state index in [1.54, 1.807) is 12.2 Å². The molecule has 124 valence electrons. The third-order valence-corrected chi connectivity index (χ3v) is 3.40. The molecule has 0 aliphatic rings. The van der Waals surface area contributed by atoms with E-state index in [1.165, 1.54) is 12.1 Å². The van der Waals surface area contributed by atoms with Crippen LogP contribution in [0.1, 0.15) is 30.9 Å². The lowest BCUT2D eigenvalue weighted by Crippen LogP contribution is -1.95. The lowest BCUT2D eigenvalue weighted by Gasteiger charge is -2.05. The van der Waals surface area contributed by atoms with Crippen molar-refractivity contribution in [1.29, 1.82) is 0 Å². The molecule has 2 aromatic carbocycles. The van der Waals surface area contributed by atoms with Crippen LogP contribution in [0.5, 0.6) is 5.75 Å². The van der Waals surface area contributed by atoms with Crippen LogP contribution in [0.2, 0.25) is 0 Å².